The van der Waals surface area contributed by atoms with E-state index in [1.807, 2.05) is 0 Å². The van der Waals surface area contributed by atoms with Gasteiger partial charge in [-0.3, -0.25) is 0 Å². The van der Waals surface area contributed by atoms with E-state index in [1.54, 1.807) is 24.3 Å². The van der Waals surface area contributed by atoms with Crippen molar-refractivity contribution in [3.05, 3.63) is 58.9 Å². The summed E-state index contributed by atoms with van der Waals surface area (Å²) in [5.41, 5.74) is 0.276. The molecular formula is C15H15ClFNO3S. The van der Waals surface area contributed by atoms with Crippen LogP contribution in [-0.2, 0) is 10.0 Å². The van der Waals surface area contributed by atoms with Gasteiger partial charge in [0.15, 0.2) is 0 Å². The van der Waals surface area contributed by atoms with Crippen molar-refractivity contribution in [1.29, 1.82) is 0 Å². The first-order valence-corrected chi connectivity index (χ1v) is 8.39. The monoisotopic (exact) mass is 343 g/mol. The van der Waals surface area contributed by atoms with Crippen molar-refractivity contribution in [2.24, 2.45) is 0 Å². The summed E-state index contributed by atoms with van der Waals surface area (Å²) in [7, 11) is -3.68. The smallest absolute Gasteiger partial charge is 0.240 e. The summed E-state index contributed by atoms with van der Waals surface area (Å²) in [6, 6.07) is 10.5. The Kier molecular flexibility index (Phi) is 5.39. The highest BCUT2D eigenvalue weighted by Gasteiger charge is 2.14. The van der Waals surface area contributed by atoms with E-state index in [0.717, 1.165) is 6.07 Å². The molecule has 0 aliphatic rings. The van der Waals surface area contributed by atoms with Crippen LogP contribution < -0.4 is 9.46 Å². The molecule has 0 saturated heterocycles. The first-order chi connectivity index (χ1) is 10.4. The fourth-order valence-electron chi connectivity index (χ4n) is 1.77. The van der Waals surface area contributed by atoms with Gasteiger partial charge in [0, 0.05) is 11.6 Å². The summed E-state index contributed by atoms with van der Waals surface area (Å²) >= 11 is 5.82. The molecule has 0 aromatic heterocycles. The Hall–Kier alpha value is -1.63. The molecule has 2 aromatic carbocycles. The lowest BCUT2D eigenvalue weighted by molar-refractivity contribution is 0.323. The van der Waals surface area contributed by atoms with E-state index >= 15 is 0 Å². The van der Waals surface area contributed by atoms with Crippen molar-refractivity contribution >= 4 is 21.6 Å². The van der Waals surface area contributed by atoms with Gasteiger partial charge in [0.25, 0.3) is 0 Å². The van der Waals surface area contributed by atoms with Gasteiger partial charge in [-0.15, -0.1) is 0 Å². The second kappa shape index (κ2) is 7.09. The third-order valence-corrected chi connectivity index (χ3v) is 4.59. The first-order valence-electron chi connectivity index (χ1n) is 6.53. The molecule has 0 amide bonds. The minimum Gasteiger partial charge on any atom is -0.492 e. The van der Waals surface area contributed by atoms with Gasteiger partial charge in [-0.2, -0.15) is 0 Å². The summed E-state index contributed by atoms with van der Waals surface area (Å²) in [6.07, 6.45) is 0. The van der Waals surface area contributed by atoms with E-state index in [-0.39, 0.29) is 23.6 Å². The third kappa shape index (κ3) is 4.43. The lowest BCUT2D eigenvalue weighted by Gasteiger charge is -2.09. The van der Waals surface area contributed by atoms with Crippen LogP contribution in [0.15, 0.2) is 47.4 Å². The first kappa shape index (κ1) is 16.7. The van der Waals surface area contributed by atoms with Crippen molar-refractivity contribution in [1.82, 2.24) is 4.72 Å². The van der Waals surface area contributed by atoms with Gasteiger partial charge in [-0.05, 0) is 48.9 Å². The Morgan fingerprint density at radius 2 is 2.00 bits per heavy atom. The van der Waals surface area contributed by atoms with E-state index in [1.165, 1.54) is 19.1 Å². The summed E-state index contributed by atoms with van der Waals surface area (Å²) < 4.78 is 45.1. The molecule has 0 aliphatic heterocycles. The van der Waals surface area contributed by atoms with Gasteiger partial charge in [0.2, 0.25) is 10.0 Å². The number of ether oxygens (including phenoxy) is 1. The Labute approximate surface area is 133 Å². The molecule has 118 valence electrons. The van der Waals surface area contributed by atoms with Gasteiger partial charge in [0.05, 0.1) is 4.90 Å². The van der Waals surface area contributed by atoms with Crippen LogP contribution in [0.4, 0.5) is 4.39 Å². The zero-order valence-electron chi connectivity index (χ0n) is 11.8. The predicted molar refractivity (Wildman–Crippen MR) is 83.3 cm³/mol. The zero-order chi connectivity index (χ0) is 16.2. The average molecular weight is 344 g/mol. The van der Waals surface area contributed by atoms with Crippen LogP contribution in [0.3, 0.4) is 0 Å². The van der Waals surface area contributed by atoms with Gasteiger partial charge in [-0.25, -0.2) is 17.5 Å². The van der Waals surface area contributed by atoms with E-state index in [9.17, 15) is 12.8 Å². The third-order valence-electron chi connectivity index (χ3n) is 2.90. The molecule has 0 spiro atoms. The molecule has 0 bridgehead atoms. The molecule has 4 nitrogen and oxygen atoms in total. The number of hydrogen-bond acceptors (Lipinski definition) is 3. The van der Waals surface area contributed by atoms with E-state index < -0.39 is 15.8 Å². The highest BCUT2D eigenvalue weighted by atomic mass is 35.5. The van der Waals surface area contributed by atoms with E-state index in [2.05, 4.69) is 4.72 Å². The number of benzene rings is 2. The van der Waals surface area contributed by atoms with Crippen LogP contribution in [0.1, 0.15) is 5.56 Å². The predicted octanol–water partition coefficient (Wildman–Crippen LogP) is 3.14. The largest absolute Gasteiger partial charge is 0.492 e. The molecule has 2 rings (SSSR count). The topological polar surface area (TPSA) is 55.4 Å². The van der Waals surface area contributed by atoms with E-state index in [4.69, 9.17) is 16.3 Å². The maximum atomic E-state index is 13.2. The molecule has 7 heteroatoms. The SMILES string of the molecule is Cc1cc(S(=O)(=O)NCCOc2cccc(Cl)c2)ccc1F. The van der Waals surface area contributed by atoms with E-state index in [0.29, 0.717) is 10.8 Å². The van der Waals surface area contributed by atoms with Crippen molar-refractivity contribution in [3.63, 3.8) is 0 Å². The number of rotatable bonds is 6. The second-order valence-electron chi connectivity index (χ2n) is 4.61. The van der Waals surface area contributed by atoms with Crippen LogP contribution in [0.2, 0.25) is 5.02 Å². The summed E-state index contributed by atoms with van der Waals surface area (Å²) in [4.78, 5) is 0.0224. The van der Waals surface area contributed by atoms with Gasteiger partial charge in [0.1, 0.15) is 18.2 Å². The Morgan fingerprint density at radius 3 is 2.68 bits per heavy atom. The second-order valence-corrected chi connectivity index (χ2v) is 6.82. The van der Waals surface area contributed by atoms with Crippen molar-refractivity contribution in [2.45, 2.75) is 11.8 Å². The van der Waals surface area contributed by atoms with Crippen LogP contribution in [0.5, 0.6) is 5.75 Å². The van der Waals surface area contributed by atoms with Crippen molar-refractivity contribution < 1.29 is 17.5 Å². The molecule has 0 atom stereocenters. The van der Waals surface area contributed by atoms with Crippen LogP contribution in [-0.4, -0.2) is 21.6 Å². The van der Waals surface area contributed by atoms with Crippen molar-refractivity contribution in [2.75, 3.05) is 13.2 Å². The Bertz CT molecular complexity index is 765. The number of halogens is 2. The average Bonchev–Trinajstić information content (AvgIpc) is 2.46. The highest BCUT2D eigenvalue weighted by molar-refractivity contribution is 7.89. The summed E-state index contributed by atoms with van der Waals surface area (Å²) in [5.74, 6) is 0.118. The summed E-state index contributed by atoms with van der Waals surface area (Å²) in [6.45, 7) is 1.75. The minimum absolute atomic E-state index is 0.0224. The van der Waals surface area contributed by atoms with Gasteiger partial charge in [-0.1, -0.05) is 17.7 Å². The maximum Gasteiger partial charge on any atom is 0.240 e. The molecule has 0 aliphatic carbocycles. The molecule has 2 aromatic rings. The summed E-state index contributed by atoms with van der Waals surface area (Å²) in [5, 5.41) is 0.542. The van der Waals surface area contributed by atoms with Crippen LogP contribution >= 0.6 is 11.6 Å². The standard InChI is InChI=1S/C15H15ClFNO3S/c1-11-9-14(5-6-15(11)17)22(19,20)18-7-8-21-13-4-2-3-12(16)10-13/h2-6,9-10,18H,7-8H2,1H3. The van der Waals surface area contributed by atoms with Gasteiger partial charge < -0.3 is 4.74 Å². The Morgan fingerprint density at radius 1 is 1.23 bits per heavy atom. The molecule has 0 fully saturated rings. The molecular weight excluding hydrogens is 329 g/mol. The molecule has 0 unspecified atom stereocenters. The Balaban J connectivity index is 1.91. The van der Waals surface area contributed by atoms with Crippen LogP contribution in [0, 0.1) is 12.7 Å². The number of nitrogens with one attached hydrogen (secondary N) is 1. The number of sulfonamides is 1. The maximum absolute atomic E-state index is 13.2. The normalized spacial score (nSPS) is 11.4. The lowest BCUT2D eigenvalue weighted by atomic mass is 10.2. The fourth-order valence-corrected chi connectivity index (χ4v) is 3.05. The molecule has 0 saturated carbocycles. The highest BCUT2D eigenvalue weighted by Crippen LogP contribution is 2.17. The molecule has 1 N–H and O–H groups in total. The lowest BCUT2D eigenvalue weighted by Crippen LogP contribution is -2.28. The quantitative estimate of drug-likeness (QED) is 0.820. The van der Waals surface area contributed by atoms with Gasteiger partial charge >= 0.3 is 0 Å². The van der Waals surface area contributed by atoms with Crippen molar-refractivity contribution in [3.8, 4) is 5.75 Å². The number of hydrogen-bond donors (Lipinski definition) is 1. The fraction of sp³-hybridized carbons (Fsp3) is 0.200. The number of aryl methyl sites for hydroxylation is 1. The minimum atomic E-state index is -3.68. The molecule has 0 radical (unpaired) electrons. The van der Waals surface area contributed by atoms with Crippen LogP contribution in [0.25, 0.3) is 0 Å². The zero-order valence-corrected chi connectivity index (χ0v) is 13.4. The molecule has 22 heavy (non-hydrogen) atoms. The molecule has 0 heterocycles.